The van der Waals surface area contributed by atoms with Gasteiger partial charge >= 0.3 is 29.8 Å². The van der Waals surface area contributed by atoms with E-state index in [-0.39, 0.29) is 29.9 Å². The Kier molecular flexibility index (Phi) is 12.8. The Bertz CT molecular complexity index is 1560. The number of hydrogen-bond donors (Lipinski definition) is 2. The average Bonchev–Trinajstić information content (AvgIpc) is 3.10. The number of carbonyl (C=O) groups is 5. The molecule has 1 saturated heterocycles. The minimum atomic E-state index is -1.89. The molecule has 3 aromatic rings. The first-order valence-electron chi connectivity index (χ1n) is 15.1. The van der Waals surface area contributed by atoms with Crippen molar-refractivity contribution in [2.45, 2.75) is 44.5 Å². The van der Waals surface area contributed by atoms with Gasteiger partial charge < -0.3 is 38.8 Å². The highest BCUT2D eigenvalue weighted by atomic mass is 16.7. The van der Waals surface area contributed by atoms with E-state index in [2.05, 4.69) is 5.32 Å². The van der Waals surface area contributed by atoms with Crippen molar-refractivity contribution in [2.75, 3.05) is 19.8 Å². The molecule has 0 amide bonds. The first-order chi connectivity index (χ1) is 23.2. The predicted molar refractivity (Wildman–Crippen MR) is 167 cm³/mol. The van der Waals surface area contributed by atoms with Crippen LogP contribution in [-0.4, -0.2) is 85.4 Å². The van der Waals surface area contributed by atoms with Crippen LogP contribution in [0.1, 0.15) is 44.9 Å². The van der Waals surface area contributed by atoms with Crippen molar-refractivity contribution in [3.63, 3.8) is 0 Å². The summed E-state index contributed by atoms with van der Waals surface area (Å²) in [6, 6.07) is 22.5. The molecule has 0 radical (unpaired) electrons. The van der Waals surface area contributed by atoms with Crippen molar-refractivity contribution in [3.05, 3.63) is 119 Å². The number of benzene rings is 3. The molecular formula is C35H35NO12. The van der Waals surface area contributed by atoms with Gasteiger partial charge in [-0.2, -0.15) is 0 Å². The second kappa shape index (κ2) is 17.4. The van der Waals surface area contributed by atoms with E-state index in [4.69, 9.17) is 28.4 Å². The molecule has 0 aliphatic carbocycles. The molecule has 4 rings (SSSR count). The fourth-order valence-electron chi connectivity index (χ4n) is 4.68. The van der Waals surface area contributed by atoms with Crippen molar-refractivity contribution < 1.29 is 57.5 Å². The van der Waals surface area contributed by atoms with Gasteiger partial charge in [0, 0.05) is 6.20 Å². The second-order valence-corrected chi connectivity index (χ2v) is 10.2. The van der Waals surface area contributed by atoms with Gasteiger partial charge in [0.2, 0.25) is 0 Å². The molecule has 1 aliphatic rings. The van der Waals surface area contributed by atoms with E-state index in [1.54, 1.807) is 68.4 Å². The lowest BCUT2D eigenvalue weighted by atomic mass is 9.95. The maximum Gasteiger partial charge on any atom is 0.347 e. The van der Waals surface area contributed by atoms with Gasteiger partial charge in [-0.05, 0) is 50.2 Å². The zero-order valence-electron chi connectivity index (χ0n) is 26.2. The summed E-state index contributed by atoms with van der Waals surface area (Å²) in [7, 11) is 0. The normalized spacial score (nSPS) is 19.9. The zero-order chi connectivity index (χ0) is 34.5. The molecule has 13 nitrogen and oxygen atoms in total. The van der Waals surface area contributed by atoms with Crippen molar-refractivity contribution >= 4 is 29.8 Å². The lowest BCUT2D eigenvalue weighted by Crippen LogP contribution is -2.65. The number of esters is 5. The van der Waals surface area contributed by atoms with Crippen molar-refractivity contribution in [2.24, 2.45) is 0 Å². The summed E-state index contributed by atoms with van der Waals surface area (Å²) in [4.78, 5) is 64.8. The maximum absolute atomic E-state index is 13.4. The zero-order valence-corrected chi connectivity index (χ0v) is 26.2. The van der Waals surface area contributed by atoms with Gasteiger partial charge in [0.15, 0.2) is 24.1 Å². The summed E-state index contributed by atoms with van der Waals surface area (Å²) in [5, 5.41) is 14.0. The molecule has 252 valence electrons. The largest absolute Gasteiger partial charge is 0.462 e. The van der Waals surface area contributed by atoms with Crippen LogP contribution in [0.3, 0.4) is 0 Å². The molecule has 2 N–H and O–H groups in total. The second-order valence-electron chi connectivity index (χ2n) is 10.2. The SMILES string of the molecule is CCOC(=O)C(=CN[C@@H]1[C@H](OC(=O)c2ccccc2)[C@@H](OC(=O)c2ccccc2)C(O)O[C@@H]1COC(=O)c1ccccc1)C(=O)OCC. The summed E-state index contributed by atoms with van der Waals surface area (Å²) in [6.07, 6.45) is -5.40. The monoisotopic (exact) mass is 661 g/mol. The third-order valence-electron chi connectivity index (χ3n) is 6.98. The van der Waals surface area contributed by atoms with Crippen molar-refractivity contribution in [3.8, 4) is 0 Å². The highest BCUT2D eigenvalue weighted by Gasteiger charge is 2.50. The van der Waals surface area contributed by atoms with Gasteiger partial charge in [-0.15, -0.1) is 0 Å². The molecule has 1 fully saturated rings. The fraction of sp³-hybridized carbons (Fsp3) is 0.286. The van der Waals surface area contributed by atoms with Crippen LogP contribution >= 0.6 is 0 Å². The van der Waals surface area contributed by atoms with E-state index in [9.17, 15) is 29.1 Å². The van der Waals surface area contributed by atoms with Crippen LogP contribution in [0.4, 0.5) is 0 Å². The molecule has 1 unspecified atom stereocenters. The van der Waals surface area contributed by atoms with E-state index >= 15 is 0 Å². The first-order valence-corrected chi connectivity index (χ1v) is 15.1. The van der Waals surface area contributed by atoms with Gasteiger partial charge in [0.25, 0.3) is 0 Å². The molecule has 0 saturated carbocycles. The number of ether oxygens (including phenoxy) is 6. The van der Waals surface area contributed by atoms with Crippen LogP contribution in [0.15, 0.2) is 103 Å². The molecule has 1 heterocycles. The number of hydrogen-bond acceptors (Lipinski definition) is 13. The summed E-state index contributed by atoms with van der Waals surface area (Å²) < 4.78 is 32.8. The van der Waals surface area contributed by atoms with Gasteiger partial charge in [0.05, 0.1) is 35.9 Å². The molecule has 48 heavy (non-hydrogen) atoms. The Hall–Kier alpha value is -5.53. The number of aliphatic hydroxyl groups is 1. The Labute approximate surface area is 276 Å². The molecule has 0 spiro atoms. The highest BCUT2D eigenvalue weighted by Crippen LogP contribution is 2.28. The first kappa shape index (κ1) is 35.3. The summed E-state index contributed by atoms with van der Waals surface area (Å²) in [5.41, 5.74) is -0.0533. The molecule has 0 aromatic heterocycles. The number of rotatable bonds is 13. The summed E-state index contributed by atoms with van der Waals surface area (Å²) >= 11 is 0. The molecule has 13 heteroatoms. The van der Waals surface area contributed by atoms with Crippen molar-refractivity contribution in [1.29, 1.82) is 0 Å². The molecule has 0 bridgehead atoms. The molecule has 5 atom stereocenters. The third kappa shape index (κ3) is 9.27. The number of carbonyl (C=O) groups excluding carboxylic acids is 5. The van der Waals surface area contributed by atoms with Crippen LogP contribution in [-0.2, 0) is 38.0 Å². The van der Waals surface area contributed by atoms with Gasteiger partial charge in [-0.3, -0.25) is 0 Å². The number of aliphatic hydroxyl groups excluding tert-OH is 1. The van der Waals surface area contributed by atoms with E-state index in [0.717, 1.165) is 6.20 Å². The number of nitrogens with one attached hydrogen (secondary N) is 1. The predicted octanol–water partition coefficient (Wildman–Crippen LogP) is 2.98. The Morgan fingerprint density at radius 3 is 1.56 bits per heavy atom. The minimum absolute atomic E-state index is 0.0544. The van der Waals surface area contributed by atoms with E-state index < -0.39 is 72.7 Å². The average molecular weight is 662 g/mol. The van der Waals surface area contributed by atoms with Gasteiger partial charge in [-0.25, -0.2) is 24.0 Å². The van der Waals surface area contributed by atoms with Crippen LogP contribution in [0.25, 0.3) is 0 Å². The summed E-state index contributed by atoms with van der Waals surface area (Å²) in [5.74, 6) is -4.49. The lowest BCUT2D eigenvalue weighted by molar-refractivity contribution is -0.260. The quantitative estimate of drug-likeness (QED) is 0.0901. The minimum Gasteiger partial charge on any atom is -0.462 e. The summed E-state index contributed by atoms with van der Waals surface area (Å²) in [6.45, 7) is 2.48. The van der Waals surface area contributed by atoms with Crippen LogP contribution in [0.5, 0.6) is 0 Å². The van der Waals surface area contributed by atoms with E-state index in [1.165, 1.54) is 36.4 Å². The lowest BCUT2D eigenvalue weighted by Gasteiger charge is -2.43. The Morgan fingerprint density at radius 2 is 1.10 bits per heavy atom. The standard InChI is InChI=1S/C35H35NO12/c1-3-43-33(40)25(34(41)44-4-2)20-36-27-26(21-45-30(37)22-14-8-5-9-15-22)46-35(42)29(48-32(39)24-18-12-7-13-19-24)28(27)47-31(38)23-16-10-6-11-17-23/h5-20,26-29,35-36,42H,3-4,21H2,1-2H3/t26-,27+,28+,29-,35?/m1/s1. The third-order valence-corrected chi connectivity index (χ3v) is 6.98. The Balaban J connectivity index is 1.74. The molecule has 1 aliphatic heterocycles. The van der Waals surface area contributed by atoms with Gasteiger partial charge in [-0.1, -0.05) is 54.6 Å². The van der Waals surface area contributed by atoms with Crippen molar-refractivity contribution in [1.82, 2.24) is 5.32 Å². The van der Waals surface area contributed by atoms with Crippen LogP contribution < -0.4 is 5.32 Å². The van der Waals surface area contributed by atoms with E-state index in [0.29, 0.717) is 0 Å². The smallest absolute Gasteiger partial charge is 0.347 e. The van der Waals surface area contributed by atoms with E-state index in [1.807, 2.05) is 0 Å². The molecule has 3 aromatic carbocycles. The van der Waals surface area contributed by atoms with Crippen LogP contribution in [0, 0.1) is 0 Å². The maximum atomic E-state index is 13.4. The van der Waals surface area contributed by atoms with Crippen LogP contribution in [0.2, 0.25) is 0 Å². The Morgan fingerprint density at radius 1 is 0.667 bits per heavy atom. The fourth-order valence-corrected chi connectivity index (χ4v) is 4.68. The topological polar surface area (TPSA) is 173 Å². The van der Waals surface area contributed by atoms with Gasteiger partial charge in [0.1, 0.15) is 12.7 Å². The highest BCUT2D eigenvalue weighted by molar-refractivity contribution is 6.14. The molecular weight excluding hydrogens is 626 g/mol.